The summed E-state index contributed by atoms with van der Waals surface area (Å²) in [4.78, 5) is 0. The molecular weight excluding hydrogens is 261 g/mol. The van der Waals surface area contributed by atoms with Crippen molar-refractivity contribution < 1.29 is 18.6 Å². The average Bonchev–Trinajstić information content (AvgIpc) is 2.47. The lowest BCUT2D eigenvalue weighted by Crippen LogP contribution is -2.15. The van der Waals surface area contributed by atoms with Gasteiger partial charge < -0.3 is 19.5 Å². The molecule has 0 saturated carbocycles. The molecule has 0 radical (unpaired) electrons. The maximum absolute atomic E-state index is 13.6. The van der Waals surface area contributed by atoms with E-state index < -0.39 is 5.82 Å². The largest absolute Gasteiger partial charge is 0.494 e. The molecule has 20 heavy (non-hydrogen) atoms. The molecule has 2 aromatic rings. The van der Waals surface area contributed by atoms with Gasteiger partial charge in [0.25, 0.3) is 0 Å². The predicted octanol–water partition coefficient (Wildman–Crippen LogP) is 3.35. The maximum Gasteiger partial charge on any atom is 0.167 e. The van der Waals surface area contributed by atoms with E-state index in [9.17, 15) is 4.39 Å². The molecule has 0 bridgehead atoms. The Bertz CT molecular complexity index is 631. The van der Waals surface area contributed by atoms with E-state index >= 15 is 0 Å². The number of anilines is 2. The van der Waals surface area contributed by atoms with E-state index in [1.165, 1.54) is 13.2 Å². The van der Waals surface area contributed by atoms with Crippen LogP contribution < -0.4 is 19.5 Å². The third-order valence-electron chi connectivity index (χ3n) is 2.98. The van der Waals surface area contributed by atoms with Gasteiger partial charge in [0, 0.05) is 23.5 Å². The molecule has 0 amide bonds. The smallest absolute Gasteiger partial charge is 0.167 e. The van der Waals surface area contributed by atoms with Gasteiger partial charge >= 0.3 is 0 Å². The number of nitrogens with one attached hydrogen (secondary N) is 1. The van der Waals surface area contributed by atoms with Crippen LogP contribution in [-0.4, -0.2) is 20.3 Å². The predicted molar refractivity (Wildman–Crippen MR) is 73.7 cm³/mol. The quantitative estimate of drug-likeness (QED) is 0.932. The third-order valence-corrected chi connectivity index (χ3v) is 2.98. The van der Waals surface area contributed by atoms with Gasteiger partial charge in [0.2, 0.25) is 0 Å². The van der Waals surface area contributed by atoms with Crippen molar-refractivity contribution in [3.63, 3.8) is 0 Å². The zero-order chi connectivity index (χ0) is 13.9. The summed E-state index contributed by atoms with van der Waals surface area (Å²) < 4.78 is 29.5. The van der Waals surface area contributed by atoms with Crippen LogP contribution in [0.1, 0.15) is 0 Å². The van der Waals surface area contributed by atoms with Crippen LogP contribution in [0.25, 0.3) is 0 Å². The number of methoxy groups -OCH3 is 1. The highest BCUT2D eigenvalue weighted by molar-refractivity contribution is 5.64. The van der Waals surface area contributed by atoms with Crippen molar-refractivity contribution in [1.82, 2.24) is 0 Å². The van der Waals surface area contributed by atoms with Crippen molar-refractivity contribution in [2.45, 2.75) is 0 Å². The first-order valence-electron chi connectivity index (χ1n) is 6.26. The molecule has 1 aliphatic heterocycles. The van der Waals surface area contributed by atoms with Gasteiger partial charge in [-0.25, -0.2) is 4.39 Å². The molecular formula is C15H14FNO3. The first-order chi connectivity index (χ1) is 9.76. The molecule has 5 heteroatoms. The van der Waals surface area contributed by atoms with E-state index in [0.717, 1.165) is 11.4 Å². The van der Waals surface area contributed by atoms with Crippen LogP contribution >= 0.6 is 0 Å². The van der Waals surface area contributed by atoms with Crippen LogP contribution in [0.15, 0.2) is 36.4 Å². The highest BCUT2D eigenvalue weighted by atomic mass is 19.1. The monoisotopic (exact) mass is 275 g/mol. The Labute approximate surface area is 116 Å². The molecule has 0 fully saturated rings. The Kier molecular flexibility index (Phi) is 3.33. The van der Waals surface area contributed by atoms with E-state index in [4.69, 9.17) is 14.2 Å². The maximum atomic E-state index is 13.6. The van der Waals surface area contributed by atoms with Crippen LogP contribution in [0.2, 0.25) is 0 Å². The Hall–Kier alpha value is -2.43. The fourth-order valence-corrected chi connectivity index (χ4v) is 2.03. The number of hydrogen-bond acceptors (Lipinski definition) is 4. The van der Waals surface area contributed by atoms with Gasteiger partial charge in [-0.15, -0.1) is 0 Å². The fourth-order valence-electron chi connectivity index (χ4n) is 2.03. The van der Waals surface area contributed by atoms with Crippen LogP contribution in [-0.2, 0) is 0 Å². The van der Waals surface area contributed by atoms with Crippen molar-refractivity contribution in [2.75, 3.05) is 25.6 Å². The molecule has 0 aromatic heterocycles. The number of halogens is 1. The molecule has 0 saturated heterocycles. The van der Waals surface area contributed by atoms with E-state index in [2.05, 4.69) is 5.32 Å². The lowest BCUT2D eigenvalue weighted by Gasteiger charge is -2.19. The van der Waals surface area contributed by atoms with Gasteiger partial charge in [-0.05, 0) is 24.3 Å². The second-order valence-electron chi connectivity index (χ2n) is 4.33. The van der Waals surface area contributed by atoms with Crippen molar-refractivity contribution in [1.29, 1.82) is 0 Å². The van der Waals surface area contributed by atoms with Crippen LogP contribution in [0.5, 0.6) is 17.2 Å². The normalized spacial score (nSPS) is 12.9. The van der Waals surface area contributed by atoms with Gasteiger partial charge in [0.05, 0.1) is 7.11 Å². The summed E-state index contributed by atoms with van der Waals surface area (Å²) in [5.41, 5.74) is 1.44. The minimum absolute atomic E-state index is 0.220. The van der Waals surface area contributed by atoms with Gasteiger partial charge in [-0.2, -0.15) is 0 Å². The first-order valence-corrected chi connectivity index (χ1v) is 6.26. The molecule has 0 atom stereocenters. The molecule has 1 heterocycles. The lowest BCUT2D eigenvalue weighted by molar-refractivity contribution is 0.171. The minimum atomic E-state index is -0.407. The van der Waals surface area contributed by atoms with Gasteiger partial charge in [0.1, 0.15) is 13.2 Å². The van der Waals surface area contributed by atoms with Crippen molar-refractivity contribution in [3.8, 4) is 17.2 Å². The van der Waals surface area contributed by atoms with Crippen LogP contribution in [0.4, 0.5) is 15.8 Å². The summed E-state index contributed by atoms with van der Waals surface area (Å²) in [6, 6.07) is 10.2. The zero-order valence-corrected chi connectivity index (χ0v) is 11.0. The lowest BCUT2D eigenvalue weighted by atomic mass is 10.2. The number of rotatable bonds is 3. The fraction of sp³-hybridized carbons (Fsp3) is 0.200. The minimum Gasteiger partial charge on any atom is -0.494 e. The highest BCUT2D eigenvalue weighted by Crippen LogP contribution is 2.34. The molecule has 4 nitrogen and oxygen atoms in total. The topological polar surface area (TPSA) is 39.7 Å². The second kappa shape index (κ2) is 5.28. The summed E-state index contributed by atoms with van der Waals surface area (Å²) in [6.07, 6.45) is 0. The van der Waals surface area contributed by atoms with Crippen molar-refractivity contribution in [3.05, 3.63) is 42.2 Å². The van der Waals surface area contributed by atoms with E-state index in [-0.39, 0.29) is 5.75 Å². The Balaban J connectivity index is 1.82. The average molecular weight is 275 g/mol. The van der Waals surface area contributed by atoms with E-state index in [1.807, 2.05) is 18.2 Å². The number of fused-ring (bicyclic) bond motifs is 1. The molecule has 1 aliphatic rings. The van der Waals surface area contributed by atoms with E-state index in [0.29, 0.717) is 24.7 Å². The summed E-state index contributed by atoms with van der Waals surface area (Å²) in [7, 11) is 1.44. The van der Waals surface area contributed by atoms with Gasteiger partial charge in [-0.3, -0.25) is 0 Å². The highest BCUT2D eigenvalue weighted by Gasteiger charge is 2.12. The number of ether oxygens (including phenoxy) is 3. The molecule has 1 N–H and O–H groups in total. The Morgan fingerprint density at radius 2 is 1.70 bits per heavy atom. The SMILES string of the molecule is COc1ccc(Nc2ccc3c(c2)OCCO3)cc1F. The first kappa shape index (κ1) is 12.6. The molecule has 0 spiro atoms. The van der Waals surface area contributed by atoms with Crippen molar-refractivity contribution >= 4 is 11.4 Å². The molecule has 0 aliphatic carbocycles. The van der Waals surface area contributed by atoms with Gasteiger partial charge in [-0.1, -0.05) is 0 Å². The second-order valence-corrected chi connectivity index (χ2v) is 4.33. The summed E-state index contributed by atoms with van der Waals surface area (Å²) in [6.45, 7) is 1.09. The number of hydrogen-bond donors (Lipinski definition) is 1. The summed E-state index contributed by atoms with van der Waals surface area (Å²) in [5, 5.41) is 3.12. The van der Waals surface area contributed by atoms with Crippen LogP contribution in [0.3, 0.4) is 0 Å². The van der Waals surface area contributed by atoms with Crippen molar-refractivity contribution in [2.24, 2.45) is 0 Å². The van der Waals surface area contributed by atoms with Gasteiger partial charge in [0.15, 0.2) is 23.1 Å². The molecule has 0 unspecified atom stereocenters. The summed E-state index contributed by atoms with van der Waals surface area (Å²) >= 11 is 0. The van der Waals surface area contributed by atoms with Crippen LogP contribution in [0, 0.1) is 5.82 Å². The third kappa shape index (κ3) is 2.47. The molecule has 3 rings (SSSR count). The summed E-state index contributed by atoms with van der Waals surface area (Å²) in [5.74, 6) is 1.23. The zero-order valence-electron chi connectivity index (χ0n) is 11.0. The molecule has 104 valence electrons. The Morgan fingerprint density at radius 1 is 1.00 bits per heavy atom. The number of benzene rings is 2. The Morgan fingerprint density at radius 3 is 2.45 bits per heavy atom. The standard InChI is InChI=1S/C15H14FNO3/c1-18-13-4-2-10(8-12(13)16)17-11-3-5-14-15(9-11)20-7-6-19-14/h2-5,8-9,17H,6-7H2,1H3. The van der Waals surface area contributed by atoms with E-state index in [1.54, 1.807) is 12.1 Å². The molecule has 2 aromatic carbocycles.